The summed E-state index contributed by atoms with van der Waals surface area (Å²) in [7, 11) is 0. The highest BCUT2D eigenvalue weighted by Gasteiger charge is 2.09. The fourth-order valence-corrected chi connectivity index (χ4v) is 4.29. The Morgan fingerprint density at radius 1 is 0.857 bits per heavy atom. The first-order valence-electron chi connectivity index (χ1n) is 10.7. The number of hydrogen-bond acceptors (Lipinski definition) is 2. The fourth-order valence-electron chi connectivity index (χ4n) is 3.63. The van der Waals surface area contributed by atoms with Crippen LogP contribution < -0.4 is 0 Å². The molecule has 0 spiro atoms. The summed E-state index contributed by atoms with van der Waals surface area (Å²) >= 11 is 1.79. The lowest BCUT2D eigenvalue weighted by Crippen LogP contribution is -2.02. The molecule has 2 aromatic carbocycles. The molecule has 0 N–H and O–H groups in total. The molecule has 28 heavy (non-hydrogen) atoms. The first kappa shape index (κ1) is 22.5. The van der Waals surface area contributed by atoms with Crippen molar-refractivity contribution in [2.45, 2.75) is 71.1 Å². The van der Waals surface area contributed by atoms with Crippen LogP contribution in [0.2, 0.25) is 0 Å². The first-order chi connectivity index (χ1) is 13.6. The van der Waals surface area contributed by atoms with Crippen LogP contribution in [0.15, 0.2) is 47.4 Å². The van der Waals surface area contributed by atoms with Crippen LogP contribution in [0.25, 0.3) is 6.08 Å². The first-order valence-corrected chi connectivity index (χ1v) is 11.7. The Morgan fingerprint density at radius 2 is 1.43 bits per heavy atom. The van der Waals surface area contributed by atoms with Gasteiger partial charge in [0.15, 0.2) is 5.78 Å². The average molecular weight is 395 g/mol. The van der Waals surface area contributed by atoms with E-state index in [0.717, 1.165) is 49.0 Å². The minimum atomic E-state index is 0.0692. The summed E-state index contributed by atoms with van der Waals surface area (Å²) in [6.07, 6.45) is 10.6. The zero-order valence-electron chi connectivity index (χ0n) is 17.9. The summed E-state index contributed by atoms with van der Waals surface area (Å²) in [5, 5.41) is 0. The van der Waals surface area contributed by atoms with Gasteiger partial charge in [-0.3, -0.25) is 4.79 Å². The maximum absolute atomic E-state index is 12.6. The van der Waals surface area contributed by atoms with Gasteiger partial charge >= 0.3 is 0 Å². The van der Waals surface area contributed by atoms with E-state index < -0.39 is 0 Å². The lowest BCUT2D eigenvalue weighted by atomic mass is 9.90. The molecule has 0 heterocycles. The number of benzene rings is 2. The number of aryl methyl sites for hydroxylation is 2. The zero-order valence-corrected chi connectivity index (χ0v) is 18.7. The topological polar surface area (TPSA) is 17.1 Å². The molecule has 0 aliphatic carbocycles. The number of thioether (sulfide) groups is 1. The van der Waals surface area contributed by atoms with E-state index in [1.807, 2.05) is 30.3 Å². The highest BCUT2D eigenvalue weighted by Crippen LogP contribution is 2.24. The second kappa shape index (κ2) is 11.9. The smallest absolute Gasteiger partial charge is 0.185 e. The molecule has 0 bridgehead atoms. The Hall–Kier alpha value is -1.80. The van der Waals surface area contributed by atoms with Crippen molar-refractivity contribution in [3.05, 3.63) is 70.3 Å². The van der Waals surface area contributed by atoms with Crippen molar-refractivity contribution < 1.29 is 4.79 Å². The standard InChI is InChI=1S/C26H34OS/c1-5-9-22-18-20(19-23(10-6-2)25(22)11-7-3)12-17-26(27)21-13-15-24(16-14-21)28-8-4/h12-19H,5-11H2,1-4H3. The average Bonchev–Trinajstić information content (AvgIpc) is 2.70. The van der Waals surface area contributed by atoms with Gasteiger partial charge in [0.1, 0.15) is 0 Å². The fraction of sp³-hybridized carbons (Fsp3) is 0.423. The van der Waals surface area contributed by atoms with Crippen molar-refractivity contribution in [1.82, 2.24) is 0 Å². The third kappa shape index (κ3) is 6.38. The summed E-state index contributed by atoms with van der Waals surface area (Å²) in [6, 6.07) is 12.5. The molecular weight excluding hydrogens is 360 g/mol. The van der Waals surface area contributed by atoms with Crippen LogP contribution in [0.3, 0.4) is 0 Å². The second-order valence-electron chi connectivity index (χ2n) is 7.22. The van der Waals surface area contributed by atoms with E-state index in [9.17, 15) is 4.79 Å². The molecule has 0 unspecified atom stereocenters. The number of ketones is 1. The lowest BCUT2D eigenvalue weighted by molar-refractivity contribution is 0.104. The Bertz CT molecular complexity index is 760. The Balaban J connectivity index is 2.26. The molecule has 0 aliphatic heterocycles. The zero-order chi connectivity index (χ0) is 20.4. The molecule has 0 saturated carbocycles. The predicted octanol–water partition coefficient (Wildman–Crippen LogP) is 7.55. The number of hydrogen-bond donors (Lipinski definition) is 0. The van der Waals surface area contributed by atoms with E-state index in [0.29, 0.717) is 0 Å². The van der Waals surface area contributed by atoms with Crippen LogP contribution in [0.5, 0.6) is 0 Å². The summed E-state index contributed by atoms with van der Waals surface area (Å²) in [4.78, 5) is 13.8. The molecule has 1 nitrogen and oxygen atoms in total. The van der Waals surface area contributed by atoms with Gasteiger partial charge in [0, 0.05) is 10.5 Å². The largest absolute Gasteiger partial charge is 0.289 e. The van der Waals surface area contributed by atoms with Crippen molar-refractivity contribution in [3.63, 3.8) is 0 Å². The molecule has 0 fully saturated rings. The minimum Gasteiger partial charge on any atom is -0.289 e. The van der Waals surface area contributed by atoms with Crippen LogP contribution in [0.4, 0.5) is 0 Å². The number of rotatable bonds is 11. The molecule has 0 saturated heterocycles. The quantitative estimate of drug-likeness (QED) is 0.222. The molecule has 0 atom stereocenters. The van der Waals surface area contributed by atoms with Crippen molar-refractivity contribution in [2.75, 3.05) is 5.75 Å². The lowest BCUT2D eigenvalue weighted by Gasteiger charge is -2.15. The summed E-state index contributed by atoms with van der Waals surface area (Å²) in [5.41, 5.74) is 6.37. The van der Waals surface area contributed by atoms with Crippen molar-refractivity contribution >= 4 is 23.6 Å². The number of carbonyl (C=O) groups is 1. The van der Waals surface area contributed by atoms with Gasteiger partial charge in [0.05, 0.1) is 0 Å². The van der Waals surface area contributed by atoms with Crippen molar-refractivity contribution in [1.29, 1.82) is 0 Å². The molecule has 0 amide bonds. The van der Waals surface area contributed by atoms with E-state index in [1.54, 1.807) is 23.4 Å². The SMILES string of the molecule is CCCc1cc(C=CC(=O)c2ccc(SCC)cc2)cc(CCC)c1CCC. The Morgan fingerprint density at radius 3 is 1.93 bits per heavy atom. The van der Waals surface area contributed by atoms with Gasteiger partial charge in [-0.05, 0) is 77.6 Å². The normalized spacial score (nSPS) is 11.3. The monoisotopic (exact) mass is 394 g/mol. The molecule has 0 radical (unpaired) electrons. The van der Waals surface area contributed by atoms with Crippen LogP contribution in [-0.2, 0) is 19.3 Å². The van der Waals surface area contributed by atoms with E-state index >= 15 is 0 Å². The molecular formula is C26H34OS. The molecule has 2 rings (SSSR count). The highest BCUT2D eigenvalue weighted by atomic mass is 32.2. The van der Waals surface area contributed by atoms with Gasteiger partial charge < -0.3 is 0 Å². The van der Waals surface area contributed by atoms with Crippen molar-refractivity contribution in [2.24, 2.45) is 0 Å². The minimum absolute atomic E-state index is 0.0692. The molecule has 0 aromatic heterocycles. The second-order valence-corrected chi connectivity index (χ2v) is 8.56. The summed E-state index contributed by atoms with van der Waals surface area (Å²) in [6.45, 7) is 8.86. The number of carbonyl (C=O) groups excluding carboxylic acids is 1. The highest BCUT2D eigenvalue weighted by molar-refractivity contribution is 7.99. The van der Waals surface area contributed by atoms with Crippen LogP contribution in [0, 0.1) is 0 Å². The van der Waals surface area contributed by atoms with Gasteiger partial charge in [-0.1, -0.05) is 65.2 Å². The van der Waals surface area contributed by atoms with Crippen LogP contribution in [0.1, 0.15) is 79.6 Å². The van der Waals surface area contributed by atoms with Crippen molar-refractivity contribution in [3.8, 4) is 0 Å². The molecule has 0 aliphatic rings. The van der Waals surface area contributed by atoms with E-state index in [4.69, 9.17) is 0 Å². The molecule has 2 heteroatoms. The maximum atomic E-state index is 12.6. The van der Waals surface area contributed by atoms with Crippen LogP contribution >= 0.6 is 11.8 Å². The maximum Gasteiger partial charge on any atom is 0.185 e. The van der Waals surface area contributed by atoms with Gasteiger partial charge in [-0.2, -0.15) is 0 Å². The van der Waals surface area contributed by atoms with Crippen LogP contribution in [-0.4, -0.2) is 11.5 Å². The van der Waals surface area contributed by atoms with E-state index in [2.05, 4.69) is 39.8 Å². The summed E-state index contributed by atoms with van der Waals surface area (Å²) < 4.78 is 0. The number of allylic oxidation sites excluding steroid dienone is 1. The van der Waals surface area contributed by atoms with Gasteiger partial charge in [-0.25, -0.2) is 0 Å². The van der Waals surface area contributed by atoms with Gasteiger partial charge in [0.2, 0.25) is 0 Å². The molecule has 2 aromatic rings. The van der Waals surface area contributed by atoms with Gasteiger partial charge in [-0.15, -0.1) is 11.8 Å². The third-order valence-corrected chi connectivity index (χ3v) is 5.77. The van der Waals surface area contributed by atoms with Gasteiger partial charge in [0.25, 0.3) is 0 Å². The molecule has 150 valence electrons. The third-order valence-electron chi connectivity index (χ3n) is 4.87. The Kier molecular flexibility index (Phi) is 9.57. The predicted molar refractivity (Wildman–Crippen MR) is 125 cm³/mol. The van der Waals surface area contributed by atoms with E-state index in [1.165, 1.54) is 22.4 Å². The Labute approximate surface area is 175 Å². The summed E-state index contributed by atoms with van der Waals surface area (Å²) in [5.74, 6) is 1.11. The van der Waals surface area contributed by atoms with E-state index in [-0.39, 0.29) is 5.78 Å².